The largest absolute Gasteiger partial charge is 0.330 e. The first-order valence-corrected chi connectivity index (χ1v) is 6.27. The monoisotopic (exact) mass is 310 g/mol. The van der Waals surface area contributed by atoms with Crippen LogP contribution < -0.4 is 11.1 Å². The lowest BCUT2D eigenvalue weighted by atomic mass is 9.74. The van der Waals surface area contributed by atoms with E-state index in [-0.39, 0.29) is 24.8 Å². The summed E-state index contributed by atoms with van der Waals surface area (Å²) in [4.78, 5) is 0. The van der Waals surface area contributed by atoms with Crippen molar-refractivity contribution in [1.82, 2.24) is 5.32 Å². The molecule has 5 heteroatoms. The molecule has 0 aromatic heterocycles. The molecule has 0 amide bonds. The molecule has 1 aliphatic rings. The Hall–Kier alpha value is 0.01000. The summed E-state index contributed by atoms with van der Waals surface area (Å²) in [6.07, 6.45) is 3.42. The Morgan fingerprint density at radius 3 is 2.17 bits per heavy atom. The minimum absolute atomic E-state index is 0. The fourth-order valence-corrected chi connectivity index (χ4v) is 2.57. The molecule has 0 saturated carbocycles. The van der Waals surface area contributed by atoms with Crippen LogP contribution in [0.5, 0.6) is 0 Å². The van der Waals surface area contributed by atoms with Gasteiger partial charge in [0.25, 0.3) is 0 Å². The van der Waals surface area contributed by atoms with Crippen molar-refractivity contribution < 1.29 is 0 Å². The molecule has 3 N–H and O–H groups in total. The fraction of sp³-hybridized carbons (Fsp3) is 0.538. The maximum absolute atomic E-state index is 5.96. The molecule has 1 fully saturated rings. The highest BCUT2D eigenvalue weighted by atomic mass is 35.5. The van der Waals surface area contributed by atoms with Gasteiger partial charge in [-0.25, -0.2) is 0 Å². The summed E-state index contributed by atoms with van der Waals surface area (Å²) in [6.45, 7) is 2.95. The first kappa shape index (κ1) is 18.0. The van der Waals surface area contributed by atoms with Gasteiger partial charge in [0.2, 0.25) is 0 Å². The molecule has 0 atom stereocenters. The molecule has 104 valence electrons. The lowest BCUT2D eigenvalue weighted by Crippen LogP contribution is -2.43. The maximum Gasteiger partial charge on any atom is 0.0406 e. The van der Waals surface area contributed by atoms with Crippen LogP contribution in [-0.2, 0) is 6.42 Å². The third kappa shape index (κ3) is 4.60. The summed E-state index contributed by atoms with van der Waals surface area (Å²) >= 11 is 5.89. The minimum atomic E-state index is 0. The standard InChI is InChI=1S/C13H19ClN2.2ClH/c14-12-3-1-11(2-4-12)9-13(10-15)5-7-16-8-6-13;;/h1-4,16H,5-10,15H2;2*1H. The summed E-state index contributed by atoms with van der Waals surface area (Å²) in [5.41, 5.74) is 7.60. The lowest BCUT2D eigenvalue weighted by molar-refractivity contribution is 0.210. The summed E-state index contributed by atoms with van der Waals surface area (Å²) in [5, 5.41) is 4.19. The zero-order chi connectivity index (χ0) is 11.4. The third-order valence-electron chi connectivity index (χ3n) is 3.59. The van der Waals surface area contributed by atoms with Gasteiger partial charge in [-0.3, -0.25) is 0 Å². The smallest absolute Gasteiger partial charge is 0.0406 e. The number of rotatable bonds is 3. The number of nitrogens with one attached hydrogen (secondary N) is 1. The Morgan fingerprint density at radius 2 is 1.67 bits per heavy atom. The summed E-state index contributed by atoms with van der Waals surface area (Å²) in [6, 6.07) is 8.15. The number of hydrogen-bond acceptors (Lipinski definition) is 2. The van der Waals surface area contributed by atoms with Gasteiger partial charge in [0.1, 0.15) is 0 Å². The second-order valence-corrected chi connectivity index (χ2v) is 5.19. The van der Waals surface area contributed by atoms with Crippen LogP contribution in [0, 0.1) is 5.41 Å². The molecule has 0 unspecified atom stereocenters. The van der Waals surface area contributed by atoms with Gasteiger partial charge >= 0.3 is 0 Å². The molecule has 2 rings (SSSR count). The zero-order valence-corrected chi connectivity index (χ0v) is 12.7. The highest BCUT2D eigenvalue weighted by Gasteiger charge is 2.30. The van der Waals surface area contributed by atoms with Crippen molar-refractivity contribution in [3.8, 4) is 0 Å². The van der Waals surface area contributed by atoms with E-state index >= 15 is 0 Å². The molecule has 1 heterocycles. The zero-order valence-electron chi connectivity index (χ0n) is 10.3. The average molecular weight is 312 g/mol. The Bertz CT molecular complexity index is 335. The van der Waals surface area contributed by atoms with E-state index in [0.29, 0.717) is 5.41 Å². The van der Waals surface area contributed by atoms with Crippen molar-refractivity contribution in [3.63, 3.8) is 0 Å². The number of benzene rings is 1. The van der Waals surface area contributed by atoms with Gasteiger partial charge in [0.15, 0.2) is 0 Å². The van der Waals surface area contributed by atoms with Crippen LogP contribution in [-0.4, -0.2) is 19.6 Å². The molecule has 1 aromatic rings. The van der Waals surface area contributed by atoms with E-state index in [1.165, 1.54) is 18.4 Å². The third-order valence-corrected chi connectivity index (χ3v) is 3.84. The topological polar surface area (TPSA) is 38.0 Å². The number of halogens is 3. The quantitative estimate of drug-likeness (QED) is 0.900. The van der Waals surface area contributed by atoms with E-state index in [1.807, 2.05) is 12.1 Å². The van der Waals surface area contributed by atoms with E-state index in [0.717, 1.165) is 31.1 Å². The molecule has 1 aliphatic heterocycles. The maximum atomic E-state index is 5.96. The molecule has 1 saturated heterocycles. The normalized spacial score (nSPS) is 17.4. The lowest BCUT2D eigenvalue weighted by Gasteiger charge is -2.36. The van der Waals surface area contributed by atoms with Crippen LogP contribution in [0.25, 0.3) is 0 Å². The van der Waals surface area contributed by atoms with Gasteiger partial charge in [-0.1, -0.05) is 23.7 Å². The van der Waals surface area contributed by atoms with Crippen molar-refractivity contribution in [2.75, 3.05) is 19.6 Å². The van der Waals surface area contributed by atoms with Crippen LogP contribution in [0.15, 0.2) is 24.3 Å². The van der Waals surface area contributed by atoms with Crippen LogP contribution in [0.3, 0.4) is 0 Å². The number of hydrogen-bond donors (Lipinski definition) is 2. The van der Waals surface area contributed by atoms with Crippen LogP contribution in [0.2, 0.25) is 5.02 Å². The van der Waals surface area contributed by atoms with E-state index in [4.69, 9.17) is 17.3 Å². The molecule has 18 heavy (non-hydrogen) atoms. The highest BCUT2D eigenvalue weighted by molar-refractivity contribution is 6.30. The Morgan fingerprint density at radius 1 is 1.11 bits per heavy atom. The summed E-state index contributed by atoms with van der Waals surface area (Å²) in [7, 11) is 0. The molecule has 0 spiro atoms. The van der Waals surface area contributed by atoms with Gasteiger partial charge in [-0.05, 0) is 62.0 Å². The van der Waals surface area contributed by atoms with Crippen LogP contribution in [0.4, 0.5) is 0 Å². The first-order valence-electron chi connectivity index (χ1n) is 5.89. The van der Waals surface area contributed by atoms with Crippen molar-refractivity contribution in [2.45, 2.75) is 19.3 Å². The van der Waals surface area contributed by atoms with Crippen molar-refractivity contribution >= 4 is 36.4 Å². The van der Waals surface area contributed by atoms with Crippen molar-refractivity contribution in [3.05, 3.63) is 34.9 Å². The number of nitrogens with two attached hydrogens (primary N) is 1. The summed E-state index contributed by atoms with van der Waals surface area (Å²) in [5.74, 6) is 0. The Kier molecular flexibility index (Phi) is 8.24. The molecule has 2 nitrogen and oxygen atoms in total. The van der Waals surface area contributed by atoms with Crippen LogP contribution >= 0.6 is 36.4 Å². The molecular formula is C13H21Cl3N2. The second kappa shape index (κ2) is 8.23. The SMILES string of the molecule is Cl.Cl.NCC1(Cc2ccc(Cl)cc2)CCNCC1. The molecule has 0 bridgehead atoms. The average Bonchev–Trinajstić information content (AvgIpc) is 2.33. The molecule has 1 aromatic carbocycles. The van der Waals surface area contributed by atoms with Gasteiger partial charge in [0, 0.05) is 5.02 Å². The second-order valence-electron chi connectivity index (χ2n) is 4.76. The Balaban J connectivity index is 0.00000144. The fourth-order valence-electron chi connectivity index (χ4n) is 2.45. The minimum Gasteiger partial charge on any atom is -0.330 e. The van der Waals surface area contributed by atoms with Crippen molar-refractivity contribution in [1.29, 1.82) is 0 Å². The molecule has 0 radical (unpaired) electrons. The van der Waals surface area contributed by atoms with Crippen LogP contribution in [0.1, 0.15) is 18.4 Å². The van der Waals surface area contributed by atoms with E-state index in [9.17, 15) is 0 Å². The van der Waals surface area contributed by atoms with E-state index in [1.54, 1.807) is 0 Å². The predicted molar refractivity (Wildman–Crippen MR) is 83.2 cm³/mol. The highest BCUT2D eigenvalue weighted by Crippen LogP contribution is 2.31. The van der Waals surface area contributed by atoms with Gasteiger partial charge in [-0.2, -0.15) is 0 Å². The molecular weight excluding hydrogens is 291 g/mol. The predicted octanol–water partition coefficient (Wildman–Crippen LogP) is 3.05. The Labute approximate surface area is 126 Å². The van der Waals surface area contributed by atoms with Gasteiger partial charge in [-0.15, -0.1) is 24.8 Å². The summed E-state index contributed by atoms with van der Waals surface area (Å²) < 4.78 is 0. The van der Waals surface area contributed by atoms with Gasteiger partial charge < -0.3 is 11.1 Å². The van der Waals surface area contributed by atoms with E-state index < -0.39 is 0 Å². The van der Waals surface area contributed by atoms with Gasteiger partial charge in [0.05, 0.1) is 0 Å². The molecule has 0 aliphatic carbocycles. The van der Waals surface area contributed by atoms with E-state index in [2.05, 4.69) is 17.4 Å². The van der Waals surface area contributed by atoms with Crippen molar-refractivity contribution in [2.24, 2.45) is 11.1 Å². The first-order chi connectivity index (χ1) is 7.74. The number of piperidine rings is 1.